The second kappa shape index (κ2) is 46.2. The number of nitrogens with zero attached hydrogens (tertiary/aromatic N) is 4. The van der Waals surface area contributed by atoms with E-state index in [2.05, 4.69) is 392 Å². The Hall–Kier alpha value is -8.58. The van der Waals surface area contributed by atoms with Crippen LogP contribution in [0, 0.1) is 11.6 Å². The standard InChI is InChI=1S/C34H33F2NP2.C30H29NOP2.C29H27NP2.C28H31NP2S2/c35-29-13-5-7-15-33(29)39(34-16-8-6-14-30(34)36)37-22-21-25-10-3-4-12-28(25)32-20-19-31(38(32)37)27-18-17-24-9-1-2-11-26(24)23-27;1-4-12-24(13-5-1)28-20-21-29(25-14-6-2-7-15-25)34(28)31-22-23-32-27-18-10-11-19-30(27)33(31)26-16-8-3-9-17-26;1-4-12-23(13-5-1)28-20-21-29(24-14-6-2-7-15-24)32(28)30-22-25-16-10-11-19-27(25)31(30)26-17-8-3-9-18-26;1-2-3-18-29(30(25-16-19-32-21-25)26-17-20-33-22-26)31-27(23-10-6-4-7-11-23)14-15-28(31)24-12-8-5-9-13-24/h3-8,10,12-18,23,31-32H,1-2,9,11,19-22H2;1-19,28-29H,20-23H2;1-19,28-29H,20-22H2;4-13,16-17,19-22,27-28H,2-3,14-15,18H2,1H3/t31-,32-,38?;28-,29-,33?;28-,29-,31?;27-,28-/m0111/s1. The van der Waals surface area contributed by atoms with Crippen molar-refractivity contribution < 1.29 is 13.5 Å². The molecule has 3 unspecified atom stereocenters. The Labute approximate surface area is 835 Å². The lowest BCUT2D eigenvalue weighted by Gasteiger charge is -2.42. The molecule has 24 rings (SSSR count). The number of aryl methyl sites for hydroxylation is 2. The van der Waals surface area contributed by atoms with Gasteiger partial charge in [-0.05, 0) is 275 Å². The minimum absolute atomic E-state index is 0.232. The van der Waals surface area contributed by atoms with Crippen molar-refractivity contribution in [2.24, 2.45) is 0 Å². The molecule has 0 saturated carbocycles. The number of benzene rings is 14. The molecule has 11 atom stereocenters. The van der Waals surface area contributed by atoms with Gasteiger partial charge >= 0.3 is 0 Å². The number of thiophene rings is 2. The Morgan fingerprint density at radius 1 is 0.355 bits per heavy atom. The molecule has 9 heterocycles. The number of rotatable bonds is 21. The van der Waals surface area contributed by atoms with Crippen LogP contribution in [0.4, 0.5) is 8.78 Å². The third kappa shape index (κ3) is 21.0. The molecule has 4 saturated heterocycles. The Morgan fingerprint density at radius 3 is 1.25 bits per heavy atom. The van der Waals surface area contributed by atoms with E-state index in [0.717, 1.165) is 51.3 Å². The Bertz CT molecular complexity index is 6360. The molecule has 14 aromatic carbocycles. The fourth-order valence-corrected chi connectivity index (χ4v) is 54.4. The second-order valence-corrected chi connectivity index (χ2v) is 58.2. The fourth-order valence-electron chi connectivity index (χ4n) is 22.6. The molecule has 138 heavy (non-hydrogen) atoms. The first kappa shape index (κ1) is 95.6. The third-order valence-corrected chi connectivity index (χ3v) is 56.6. The van der Waals surface area contributed by atoms with Crippen molar-refractivity contribution in [1.29, 1.82) is 0 Å². The summed E-state index contributed by atoms with van der Waals surface area (Å²) in [5.41, 5.74) is 22.4. The molecule has 696 valence electrons. The number of halogens is 2. The summed E-state index contributed by atoms with van der Waals surface area (Å²) >= 11 is 3.69. The molecule has 8 aliphatic rings. The van der Waals surface area contributed by atoms with Gasteiger partial charge in [0.25, 0.3) is 0 Å². The first-order chi connectivity index (χ1) is 68.3. The number of fused-ring (bicyclic) bond motifs is 6. The SMILES string of the molecule is CCCCN(P(c1ccsc1)c1ccsc1)P1[C@@H](c2ccccc2)CC[C@@H]1c1ccccc1.Fc1ccccc1P(c1ccccc1F)N1CCc2ccccc2[C@@H]2CC[C@@H](c3ccc4c(c3)CCCC4)P21.c1ccc([C@H]2CC[C@H](c3ccccc3)P2N2CCOc3ccccc3P2c2ccccc2)cc1.c1ccc([C@H]2CC[C@H](c3ccccc3)P2N2Cc3ccccc3P2c2ccccc2)cc1. The van der Waals surface area contributed by atoms with Crippen LogP contribution in [0.15, 0.2) is 416 Å². The van der Waals surface area contributed by atoms with Gasteiger partial charge in [-0.25, -0.2) is 17.7 Å². The summed E-state index contributed by atoms with van der Waals surface area (Å²) in [5.74, 6) is 0.594. The lowest BCUT2D eigenvalue weighted by molar-refractivity contribution is 0.314. The van der Waals surface area contributed by atoms with Crippen molar-refractivity contribution in [2.45, 2.75) is 155 Å². The van der Waals surface area contributed by atoms with Crippen LogP contribution in [0.1, 0.15) is 196 Å². The predicted molar refractivity (Wildman–Crippen MR) is 596 cm³/mol. The van der Waals surface area contributed by atoms with Gasteiger partial charge in [-0.1, -0.05) is 359 Å². The zero-order valence-corrected chi connectivity index (χ0v) is 87.2. The van der Waals surface area contributed by atoms with Crippen LogP contribution in [0.2, 0.25) is 0 Å². The molecule has 0 radical (unpaired) electrons. The van der Waals surface area contributed by atoms with E-state index in [1.54, 1.807) is 29.6 Å². The fraction of sp³-hybridized carbons (Fsp3) is 0.240. The first-order valence-corrected chi connectivity index (χ1v) is 62.5. The quantitative estimate of drug-likeness (QED) is 0.0667. The molecule has 1 aliphatic carbocycles. The minimum atomic E-state index is -1.38. The third-order valence-electron chi connectivity index (χ3n) is 28.8. The molecule has 7 aliphatic heterocycles. The normalized spacial score (nSPS) is 22.1. The highest BCUT2D eigenvalue weighted by molar-refractivity contribution is 7.82. The molecule has 0 amide bonds. The second-order valence-electron chi connectivity index (χ2n) is 37.0. The summed E-state index contributed by atoms with van der Waals surface area (Å²) in [6.45, 7) is 7.12. The Kier molecular flexibility index (Phi) is 32.0. The van der Waals surface area contributed by atoms with Crippen molar-refractivity contribution >= 4 is 130 Å². The highest BCUT2D eigenvalue weighted by Gasteiger charge is 2.52. The van der Waals surface area contributed by atoms with Gasteiger partial charge in [0.05, 0.1) is 0 Å². The van der Waals surface area contributed by atoms with E-state index in [1.807, 2.05) is 46.9 Å². The van der Waals surface area contributed by atoms with E-state index >= 15 is 8.78 Å². The maximum Gasteiger partial charge on any atom is 0.132 e. The van der Waals surface area contributed by atoms with Crippen LogP contribution in [0.3, 0.4) is 0 Å². The van der Waals surface area contributed by atoms with Gasteiger partial charge < -0.3 is 4.74 Å². The summed E-state index contributed by atoms with van der Waals surface area (Å²) in [6.07, 6.45) is 18.2. The van der Waals surface area contributed by atoms with Crippen LogP contribution < -0.4 is 47.2 Å². The van der Waals surface area contributed by atoms with Crippen LogP contribution in [-0.4, -0.2) is 44.0 Å². The van der Waals surface area contributed by atoms with Crippen molar-refractivity contribution in [3.8, 4) is 5.75 Å². The van der Waals surface area contributed by atoms with E-state index in [0.29, 0.717) is 55.9 Å². The van der Waals surface area contributed by atoms with Gasteiger partial charge in [0, 0.05) is 130 Å². The largest absolute Gasteiger partial charge is 0.492 e. The first-order valence-electron chi connectivity index (χ1n) is 49.7. The lowest BCUT2D eigenvalue weighted by atomic mass is 9.89. The predicted octanol–water partition coefficient (Wildman–Crippen LogP) is 32.6. The zero-order chi connectivity index (χ0) is 92.9. The number of ether oxygens (including phenoxy) is 1. The van der Waals surface area contributed by atoms with Crippen molar-refractivity contribution in [1.82, 2.24) is 17.8 Å². The minimum Gasteiger partial charge on any atom is -0.492 e. The highest BCUT2D eigenvalue weighted by Crippen LogP contribution is 2.81. The van der Waals surface area contributed by atoms with E-state index in [9.17, 15) is 0 Å². The number of hydrogen-bond donors (Lipinski definition) is 0. The average Bonchev–Trinajstić information content (AvgIpc) is 1.60. The molecule has 0 bridgehead atoms. The summed E-state index contributed by atoms with van der Waals surface area (Å²) < 4.78 is 49.0. The summed E-state index contributed by atoms with van der Waals surface area (Å²) in [7, 11) is -5.02. The zero-order valence-electron chi connectivity index (χ0n) is 78.4. The van der Waals surface area contributed by atoms with Gasteiger partial charge in [0.15, 0.2) is 0 Å². The van der Waals surface area contributed by atoms with Gasteiger partial charge in [0.1, 0.15) is 24.0 Å². The molecular formula is C121H120F2N4OP8S2. The maximum atomic E-state index is 15.6. The Morgan fingerprint density at radius 2 is 0.761 bits per heavy atom. The van der Waals surface area contributed by atoms with E-state index in [4.69, 9.17) is 4.74 Å². The molecule has 2 aromatic heterocycles. The van der Waals surface area contributed by atoms with Crippen LogP contribution in [-0.2, 0) is 25.8 Å². The number of unbranched alkanes of at least 4 members (excludes halogenated alkanes) is 1. The molecule has 5 nitrogen and oxygen atoms in total. The molecule has 4 fully saturated rings. The van der Waals surface area contributed by atoms with Gasteiger partial charge in [-0.2, -0.15) is 22.7 Å². The van der Waals surface area contributed by atoms with Gasteiger partial charge in [0.2, 0.25) is 0 Å². The van der Waals surface area contributed by atoms with E-state index < -0.39 is 48.4 Å². The smallest absolute Gasteiger partial charge is 0.132 e. The van der Waals surface area contributed by atoms with Crippen molar-refractivity contribution in [3.63, 3.8) is 0 Å². The lowest BCUT2D eigenvalue weighted by Crippen LogP contribution is -2.30. The van der Waals surface area contributed by atoms with Crippen molar-refractivity contribution in [2.75, 3.05) is 26.2 Å². The molecule has 0 spiro atoms. The van der Waals surface area contributed by atoms with Crippen LogP contribution in [0.5, 0.6) is 5.75 Å². The molecule has 16 aromatic rings. The van der Waals surface area contributed by atoms with E-state index in [1.165, 1.54) is 177 Å². The monoisotopic (exact) mass is 1990 g/mol. The van der Waals surface area contributed by atoms with Gasteiger partial charge in [-0.3, -0.25) is 8.88 Å². The average molecular weight is 2000 g/mol. The number of hydrogen-bond acceptors (Lipinski definition) is 7. The Balaban J connectivity index is 0.000000110. The molecule has 17 heteroatoms. The summed E-state index contributed by atoms with van der Waals surface area (Å²) in [4.78, 5) is 0. The van der Waals surface area contributed by atoms with Crippen molar-refractivity contribution in [3.05, 3.63) is 494 Å². The number of para-hydroxylation sites is 1. The van der Waals surface area contributed by atoms with Gasteiger partial charge in [-0.15, -0.1) is 0 Å². The summed E-state index contributed by atoms with van der Waals surface area (Å²) in [6, 6.07) is 143. The highest BCUT2D eigenvalue weighted by atomic mass is 32.1. The summed E-state index contributed by atoms with van der Waals surface area (Å²) in [5, 5.41) is 19.5. The molecule has 0 N–H and O–H groups in total. The van der Waals surface area contributed by atoms with E-state index in [-0.39, 0.29) is 27.8 Å². The molecular weight excluding hydrogens is 1880 g/mol. The van der Waals surface area contributed by atoms with Crippen LogP contribution in [0.25, 0.3) is 0 Å². The maximum absolute atomic E-state index is 15.6. The topological polar surface area (TPSA) is 22.2 Å². The van der Waals surface area contributed by atoms with Crippen LogP contribution >= 0.6 is 87.3 Å².